The zero-order valence-corrected chi connectivity index (χ0v) is 13.6. The van der Waals surface area contributed by atoms with Crippen molar-refractivity contribution in [2.24, 2.45) is 5.41 Å². The van der Waals surface area contributed by atoms with Crippen molar-refractivity contribution in [1.29, 1.82) is 0 Å². The van der Waals surface area contributed by atoms with E-state index in [0.29, 0.717) is 13.0 Å². The second-order valence-electron chi connectivity index (χ2n) is 6.72. The fourth-order valence-electron chi connectivity index (χ4n) is 1.53. The van der Waals surface area contributed by atoms with Crippen LogP contribution in [0.15, 0.2) is 12.2 Å². The third kappa shape index (κ3) is 10.8. The summed E-state index contributed by atoms with van der Waals surface area (Å²) < 4.78 is 11.1. The Labute approximate surface area is 118 Å². The number of hydrogen-bond acceptors (Lipinski definition) is 3. The average Bonchev–Trinajstić information content (AvgIpc) is 2.23. The first-order valence-corrected chi connectivity index (χ1v) is 7.08. The number of carbonyl (C=O) groups is 1. The number of esters is 1. The first kappa shape index (κ1) is 18.2. The molecule has 0 aromatic carbocycles. The highest BCUT2D eigenvalue weighted by Crippen LogP contribution is 2.18. The number of ether oxygens (including phenoxy) is 2. The van der Waals surface area contributed by atoms with E-state index in [4.69, 9.17) is 9.47 Å². The van der Waals surface area contributed by atoms with Gasteiger partial charge in [-0.25, -0.2) is 0 Å². The number of rotatable bonds is 7. The minimum Gasteiger partial charge on any atom is -0.463 e. The molecular weight excluding hydrogens is 240 g/mol. The number of carbonyl (C=O) groups excluding carboxylic acids is 1. The summed E-state index contributed by atoms with van der Waals surface area (Å²) in [6.45, 7) is 14.6. The average molecular weight is 270 g/mol. The van der Waals surface area contributed by atoms with Crippen molar-refractivity contribution in [3.8, 4) is 0 Å². The molecule has 0 aliphatic heterocycles. The molecule has 0 aliphatic rings. The van der Waals surface area contributed by atoms with Gasteiger partial charge in [-0.3, -0.25) is 4.79 Å². The maximum atomic E-state index is 11.3. The molecule has 0 aromatic heterocycles. The monoisotopic (exact) mass is 270 g/mol. The topological polar surface area (TPSA) is 35.5 Å². The van der Waals surface area contributed by atoms with Crippen LogP contribution in [0.25, 0.3) is 0 Å². The first-order valence-electron chi connectivity index (χ1n) is 7.08. The molecule has 0 rings (SSSR count). The van der Waals surface area contributed by atoms with E-state index in [2.05, 4.69) is 32.9 Å². The van der Waals surface area contributed by atoms with Gasteiger partial charge in [-0.2, -0.15) is 0 Å². The Hall–Kier alpha value is -0.830. The van der Waals surface area contributed by atoms with Crippen LogP contribution in [0.4, 0.5) is 0 Å². The summed E-state index contributed by atoms with van der Waals surface area (Å²) in [5, 5.41) is 0. The van der Waals surface area contributed by atoms with Crippen molar-refractivity contribution >= 4 is 5.97 Å². The lowest BCUT2D eigenvalue weighted by Gasteiger charge is -2.28. The van der Waals surface area contributed by atoms with Gasteiger partial charge >= 0.3 is 5.97 Å². The van der Waals surface area contributed by atoms with Crippen LogP contribution in [0.3, 0.4) is 0 Å². The van der Waals surface area contributed by atoms with E-state index in [1.165, 1.54) is 0 Å². The van der Waals surface area contributed by atoms with Crippen LogP contribution < -0.4 is 0 Å². The maximum Gasteiger partial charge on any atom is 0.305 e. The summed E-state index contributed by atoms with van der Waals surface area (Å²) in [6, 6.07) is 0. The van der Waals surface area contributed by atoms with Gasteiger partial charge in [0.15, 0.2) is 0 Å². The Balaban J connectivity index is 4.21. The van der Waals surface area contributed by atoms with Crippen LogP contribution >= 0.6 is 0 Å². The molecule has 0 fully saturated rings. The fourth-order valence-corrected chi connectivity index (χ4v) is 1.53. The molecule has 1 unspecified atom stereocenters. The number of allylic oxidation sites excluding steroid dienone is 1. The molecule has 0 N–H and O–H groups in total. The van der Waals surface area contributed by atoms with Gasteiger partial charge in [0.1, 0.15) is 6.61 Å². The van der Waals surface area contributed by atoms with E-state index in [0.717, 1.165) is 6.42 Å². The summed E-state index contributed by atoms with van der Waals surface area (Å²) in [7, 11) is 0. The summed E-state index contributed by atoms with van der Waals surface area (Å²) in [4.78, 5) is 11.3. The molecule has 0 aromatic rings. The van der Waals surface area contributed by atoms with Crippen LogP contribution in [-0.2, 0) is 14.3 Å². The Morgan fingerprint density at radius 2 is 1.79 bits per heavy atom. The van der Waals surface area contributed by atoms with Crippen molar-refractivity contribution in [1.82, 2.24) is 0 Å². The molecule has 0 saturated heterocycles. The Morgan fingerprint density at radius 3 is 2.26 bits per heavy atom. The van der Waals surface area contributed by atoms with Crippen molar-refractivity contribution in [3.63, 3.8) is 0 Å². The fraction of sp³-hybridized carbons (Fsp3) is 0.812. The SMILES string of the molecule is CCCC(=O)OCC(C)(C)OC(C)/C=C/C(C)(C)C. The predicted octanol–water partition coefficient (Wildman–Crippen LogP) is 4.12. The normalized spacial score (nSPS) is 14.7. The van der Waals surface area contributed by atoms with Crippen molar-refractivity contribution in [2.75, 3.05) is 6.61 Å². The van der Waals surface area contributed by atoms with E-state index < -0.39 is 5.60 Å². The summed E-state index contributed by atoms with van der Waals surface area (Å²) >= 11 is 0. The van der Waals surface area contributed by atoms with E-state index in [9.17, 15) is 4.79 Å². The largest absolute Gasteiger partial charge is 0.463 e. The van der Waals surface area contributed by atoms with E-state index in [1.54, 1.807) is 0 Å². The molecule has 3 heteroatoms. The van der Waals surface area contributed by atoms with Crippen LogP contribution in [0.1, 0.15) is 61.3 Å². The molecule has 19 heavy (non-hydrogen) atoms. The van der Waals surface area contributed by atoms with Gasteiger partial charge in [0.2, 0.25) is 0 Å². The second-order valence-corrected chi connectivity index (χ2v) is 6.72. The highest BCUT2D eigenvalue weighted by molar-refractivity contribution is 5.69. The minimum absolute atomic E-state index is 0.000831. The highest BCUT2D eigenvalue weighted by Gasteiger charge is 2.23. The lowest BCUT2D eigenvalue weighted by atomic mass is 9.96. The molecule has 0 spiro atoms. The summed E-state index contributed by atoms with van der Waals surface area (Å²) in [6.07, 6.45) is 5.46. The molecule has 0 saturated carbocycles. The minimum atomic E-state index is -0.467. The third-order valence-corrected chi connectivity index (χ3v) is 2.41. The molecule has 0 radical (unpaired) electrons. The van der Waals surface area contributed by atoms with Crippen molar-refractivity contribution < 1.29 is 14.3 Å². The maximum absolute atomic E-state index is 11.3. The van der Waals surface area contributed by atoms with Gasteiger partial charge in [-0.1, -0.05) is 39.8 Å². The Bertz CT molecular complexity index is 298. The van der Waals surface area contributed by atoms with Gasteiger partial charge < -0.3 is 9.47 Å². The van der Waals surface area contributed by atoms with E-state index >= 15 is 0 Å². The van der Waals surface area contributed by atoms with E-state index in [-0.39, 0.29) is 17.5 Å². The van der Waals surface area contributed by atoms with Gasteiger partial charge in [0.05, 0.1) is 11.7 Å². The van der Waals surface area contributed by atoms with Crippen LogP contribution in [0, 0.1) is 5.41 Å². The second kappa shape index (κ2) is 7.68. The summed E-state index contributed by atoms with van der Waals surface area (Å²) in [5.41, 5.74) is -0.319. The smallest absolute Gasteiger partial charge is 0.305 e. The molecule has 0 bridgehead atoms. The molecule has 0 aliphatic carbocycles. The molecular formula is C16H30O3. The Kier molecular flexibility index (Phi) is 7.35. The summed E-state index contributed by atoms with van der Waals surface area (Å²) in [5.74, 6) is -0.155. The van der Waals surface area contributed by atoms with Crippen molar-refractivity contribution in [2.45, 2.75) is 73.0 Å². The standard InChI is InChI=1S/C16H30O3/c1-8-9-14(17)18-12-16(6,7)19-13(2)10-11-15(3,4)5/h10-11,13H,8-9,12H2,1-7H3/b11-10+. The Morgan fingerprint density at radius 1 is 1.21 bits per heavy atom. The van der Waals surface area contributed by atoms with E-state index in [1.807, 2.05) is 27.7 Å². The predicted molar refractivity (Wildman–Crippen MR) is 79.1 cm³/mol. The molecule has 0 amide bonds. The molecule has 3 nitrogen and oxygen atoms in total. The number of hydrogen-bond donors (Lipinski definition) is 0. The first-order chi connectivity index (χ1) is 8.56. The lowest BCUT2D eigenvalue weighted by molar-refractivity contribution is -0.155. The van der Waals surface area contributed by atoms with Crippen LogP contribution in [0.2, 0.25) is 0 Å². The van der Waals surface area contributed by atoms with Gasteiger partial charge in [-0.15, -0.1) is 0 Å². The quantitative estimate of drug-likeness (QED) is 0.516. The third-order valence-electron chi connectivity index (χ3n) is 2.41. The lowest BCUT2D eigenvalue weighted by Crippen LogP contribution is -2.34. The van der Waals surface area contributed by atoms with Crippen molar-refractivity contribution in [3.05, 3.63) is 12.2 Å². The van der Waals surface area contributed by atoms with Gasteiger partial charge in [-0.05, 0) is 32.6 Å². The zero-order chi connectivity index (χ0) is 15.1. The van der Waals surface area contributed by atoms with Gasteiger partial charge in [0, 0.05) is 6.42 Å². The highest BCUT2D eigenvalue weighted by atomic mass is 16.6. The molecule has 1 atom stereocenters. The van der Waals surface area contributed by atoms with Crippen LogP contribution in [0.5, 0.6) is 0 Å². The molecule has 0 heterocycles. The molecule has 112 valence electrons. The zero-order valence-electron chi connectivity index (χ0n) is 13.6. The van der Waals surface area contributed by atoms with Gasteiger partial charge in [0.25, 0.3) is 0 Å². The van der Waals surface area contributed by atoms with Crippen LogP contribution in [-0.4, -0.2) is 24.3 Å².